The Balaban J connectivity index is 0.000000123. The molecule has 0 radical (unpaired) electrons. The van der Waals surface area contributed by atoms with E-state index in [1.807, 2.05) is 70.9 Å². The lowest BCUT2D eigenvalue weighted by Gasteiger charge is -2.36. The average molecular weight is 1720 g/mol. The summed E-state index contributed by atoms with van der Waals surface area (Å²) < 4.78 is 5.45. The number of piperazine rings is 2. The largest absolute Gasteiger partial charge is 0.379 e. The fourth-order valence-electron chi connectivity index (χ4n) is 17.3. The summed E-state index contributed by atoms with van der Waals surface area (Å²) in [6, 6.07) is 87.8. The van der Waals surface area contributed by atoms with Crippen LogP contribution in [0.4, 0.5) is 56.9 Å². The van der Waals surface area contributed by atoms with Crippen LogP contribution in [0.2, 0.25) is 10.0 Å². The first-order valence-corrected chi connectivity index (χ1v) is 47.9. The van der Waals surface area contributed by atoms with Crippen molar-refractivity contribution >= 4 is 139 Å². The molecule has 8 aliphatic heterocycles. The second kappa shape index (κ2) is 42.0. The van der Waals surface area contributed by atoms with Crippen molar-refractivity contribution in [2.24, 2.45) is 0 Å². The average Bonchev–Trinajstić information content (AvgIpc) is 0.797. The Kier molecular flexibility index (Phi) is 30.0. The number of nitrogens with zero attached hydrogens (tertiary/aromatic N) is 10. The molecule has 0 amide bonds. The molecule has 0 unspecified atom stereocenters. The standard InChI is InChI=1S/C38H36ClN3S2.C22H28ClN3S.C20H25N3S.C20H24N2OS/c1-28-17-19-37-33(25-28)41(31-13-5-7-15-35(31)43-37)23-9-21-40(27-29-11-3-2-4-12-29)22-10-24-42-32-14-6-8-16-36(32)44-38-20-18-30(39)26-34(38)42;1-2-10-24-13-15-25(16-14-24)11-5-12-26-19-6-3-4-7-21(19)27-22-9-8-18(23)17-20(22)26;1-16-7-8-20-18(15-16)23(17-5-2-3-6-19(17)24-20)12-4-11-22-13-9-21-10-14-22;1-16-7-8-20-18(15-16)22(17-5-2-3-6-19(17)24-20)10-4-9-21-11-13-23-14-12-21/h2-8,11-20,25-26H,9-10,21-24,27H2,1H3;3-4,6-9,17H,2,5,10-16H2,1H3;2-3,5-8,15,21H,4,9-14H2,1H3;2-3,5-8,15H,4,9-14H2,1H3. The molecule has 0 saturated carbocycles. The molecule has 11 aromatic carbocycles. The van der Waals surface area contributed by atoms with Gasteiger partial charge in [0.05, 0.1) is 70.1 Å². The first kappa shape index (κ1) is 85.0. The van der Waals surface area contributed by atoms with E-state index in [-0.39, 0.29) is 0 Å². The van der Waals surface area contributed by atoms with E-state index in [0.717, 1.165) is 121 Å². The van der Waals surface area contributed by atoms with Crippen LogP contribution in [-0.2, 0) is 11.3 Å². The minimum Gasteiger partial charge on any atom is -0.379 e. The highest BCUT2D eigenvalue weighted by Crippen LogP contribution is 2.54. The van der Waals surface area contributed by atoms with E-state index in [0.29, 0.717) is 0 Å². The number of para-hydroxylation sites is 5. The van der Waals surface area contributed by atoms with Gasteiger partial charge in [0.1, 0.15) is 0 Å². The zero-order valence-electron chi connectivity index (χ0n) is 69.5. The Bertz CT molecular complexity index is 4950. The van der Waals surface area contributed by atoms with Crippen molar-refractivity contribution in [3.63, 3.8) is 0 Å². The Morgan fingerprint density at radius 3 is 0.958 bits per heavy atom. The van der Waals surface area contributed by atoms with Crippen LogP contribution < -0.4 is 29.8 Å². The molecule has 0 atom stereocenters. The maximum absolute atomic E-state index is 6.49. The number of nitrogens with one attached hydrogen (secondary N) is 1. The summed E-state index contributed by atoms with van der Waals surface area (Å²) in [6.45, 7) is 35.1. The van der Waals surface area contributed by atoms with Crippen LogP contribution in [-0.4, -0.2) is 175 Å². The number of aryl methyl sites for hydroxylation is 3. The minimum absolute atomic E-state index is 0.786. The number of rotatable bonds is 24. The maximum Gasteiger partial charge on any atom is 0.0594 e. The molecule has 3 saturated heterocycles. The number of hydrogen-bond acceptors (Lipinski definition) is 17. The number of morpholine rings is 1. The van der Waals surface area contributed by atoms with Crippen LogP contribution in [0.1, 0.15) is 67.7 Å². The first-order valence-electron chi connectivity index (χ1n) is 43.1. The topological polar surface area (TPSA) is 53.7 Å². The van der Waals surface area contributed by atoms with Gasteiger partial charge >= 0.3 is 0 Å². The van der Waals surface area contributed by atoms with E-state index in [9.17, 15) is 0 Å². The highest BCUT2D eigenvalue weighted by Gasteiger charge is 2.30. The van der Waals surface area contributed by atoms with Crippen molar-refractivity contribution in [1.82, 2.24) is 29.8 Å². The summed E-state index contributed by atoms with van der Waals surface area (Å²) in [5.41, 5.74) is 18.5. The quantitative estimate of drug-likeness (QED) is 0.0624. The molecular formula is C100H113Cl2N11OS5. The van der Waals surface area contributed by atoms with E-state index in [1.165, 1.54) is 213 Å². The van der Waals surface area contributed by atoms with Crippen LogP contribution in [0.25, 0.3) is 0 Å². The lowest BCUT2D eigenvalue weighted by Crippen LogP contribution is -2.47. The summed E-state index contributed by atoms with van der Waals surface area (Å²) in [7, 11) is 0. The fourth-order valence-corrected chi connectivity index (χ4v) is 23.0. The highest BCUT2D eigenvalue weighted by molar-refractivity contribution is 8.00. The zero-order chi connectivity index (χ0) is 81.2. The lowest BCUT2D eigenvalue weighted by atomic mass is 10.1. The van der Waals surface area contributed by atoms with Crippen LogP contribution in [0.5, 0.6) is 0 Å². The van der Waals surface area contributed by atoms with Crippen molar-refractivity contribution in [3.05, 3.63) is 275 Å². The number of hydrogen-bond donors (Lipinski definition) is 1. The van der Waals surface area contributed by atoms with Gasteiger partial charge in [-0.05, 0) is 235 Å². The van der Waals surface area contributed by atoms with Crippen LogP contribution >= 0.6 is 82.0 Å². The van der Waals surface area contributed by atoms with E-state index in [2.05, 4.69) is 313 Å². The van der Waals surface area contributed by atoms with Gasteiger partial charge in [0.25, 0.3) is 0 Å². The molecule has 0 bridgehead atoms. The first-order chi connectivity index (χ1) is 58.5. The van der Waals surface area contributed by atoms with Gasteiger partial charge in [-0.15, -0.1) is 0 Å². The molecule has 11 aromatic rings. The molecule has 19 heteroatoms. The van der Waals surface area contributed by atoms with Crippen molar-refractivity contribution in [1.29, 1.82) is 0 Å². The normalized spacial score (nSPS) is 16.0. The Morgan fingerprint density at radius 1 is 0.303 bits per heavy atom. The van der Waals surface area contributed by atoms with E-state index in [1.54, 1.807) is 0 Å². The molecular weight excluding hydrogens is 1600 g/mol. The monoisotopic (exact) mass is 1710 g/mol. The minimum atomic E-state index is 0.786. The number of fused-ring (bicyclic) bond motifs is 10. The summed E-state index contributed by atoms with van der Waals surface area (Å²) in [6.07, 6.45) is 6.94. The van der Waals surface area contributed by atoms with Gasteiger partial charge in [-0.2, -0.15) is 0 Å². The maximum atomic E-state index is 6.49. The van der Waals surface area contributed by atoms with Crippen molar-refractivity contribution in [3.8, 4) is 0 Å². The molecule has 0 spiro atoms. The second-order valence-electron chi connectivity index (χ2n) is 32.0. The number of anilines is 10. The molecule has 3 fully saturated rings. The summed E-state index contributed by atoms with van der Waals surface area (Å²) in [5.74, 6) is 0. The Morgan fingerprint density at radius 2 is 0.597 bits per heavy atom. The molecule has 1 N–H and O–H groups in total. The fraction of sp³-hybridized carbons (Fsp3) is 0.340. The summed E-state index contributed by atoms with van der Waals surface area (Å²) in [5, 5.41) is 5.03. The van der Waals surface area contributed by atoms with Crippen molar-refractivity contribution < 1.29 is 4.74 Å². The summed E-state index contributed by atoms with van der Waals surface area (Å²) in [4.78, 5) is 38.8. The predicted octanol–water partition coefficient (Wildman–Crippen LogP) is 24.4. The molecule has 618 valence electrons. The third kappa shape index (κ3) is 21.9. The third-order valence-electron chi connectivity index (χ3n) is 23.4. The van der Waals surface area contributed by atoms with Gasteiger partial charge in [0.2, 0.25) is 0 Å². The van der Waals surface area contributed by atoms with Gasteiger partial charge in [-0.3, -0.25) is 9.80 Å². The SMILES string of the molecule is CCCN1CCN(CCCN2c3ccccc3Sc3ccc(Cl)cc32)CC1.Cc1ccc2c(c1)N(CCCN(CCCN1c3ccccc3Sc3ccc(Cl)cc31)Cc1ccccc1)c1ccccc1S2.Cc1ccc2c(c1)N(CCCN1CCNCC1)c1ccccc1S2.Cc1ccc2c(c1)N(CCCN1CCOCC1)c1ccccc1S2. The molecule has 0 aliphatic carbocycles. The van der Waals surface area contributed by atoms with E-state index < -0.39 is 0 Å². The second-order valence-corrected chi connectivity index (χ2v) is 38.3. The number of halogens is 2. The lowest BCUT2D eigenvalue weighted by molar-refractivity contribution is 0.0377. The Labute approximate surface area is 739 Å². The smallest absolute Gasteiger partial charge is 0.0594 e. The molecule has 19 rings (SSSR count). The molecule has 8 heterocycles. The van der Waals surface area contributed by atoms with Gasteiger partial charge in [0.15, 0.2) is 0 Å². The molecule has 119 heavy (non-hydrogen) atoms. The predicted molar refractivity (Wildman–Crippen MR) is 509 cm³/mol. The van der Waals surface area contributed by atoms with Gasteiger partial charge in [0, 0.05) is 183 Å². The van der Waals surface area contributed by atoms with Crippen LogP contribution in [0.3, 0.4) is 0 Å². The molecule has 12 nitrogen and oxygen atoms in total. The molecule has 0 aromatic heterocycles. The van der Waals surface area contributed by atoms with Crippen LogP contribution in [0.15, 0.2) is 292 Å². The highest BCUT2D eigenvalue weighted by atomic mass is 35.5. The van der Waals surface area contributed by atoms with Crippen molar-refractivity contribution in [2.75, 3.05) is 175 Å². The van der Waals surface area contributed by atoms with Gasteiger partial charge in [-0.25, -0.2) is 0 Å². The zero-order valence-corrected chi connectivity index (χ0v) is 75.1. The summed E-state index contributed by atoms with van der Waals surface area (Å²) >= 11 is 22.2. The third-order valence-corrected chi connectivity index (χ3v) is 29.5. The Hall–Kier alpha value is -7.53. The molecule has 8 aliphatic rings. The van der Waals surface area contributed by atoms with Crippen LogP contribution in [0, 0.1) is 20.8 Å². The number of benzene rings is 11. The number of ether oxygens (including phenoxy) is 1. The van der Waals surface area contributed by atoms with E-state index >= 15 is 0 Å². The van der Waals surface area contributed by atoms with Gasteiger partial charge < -0.3 is 49.3 Å². The van der Waals surface area contributed by atoms with Gasteiger partial charge in [-0.1, -0.05) is 198 Å². The van der Waals surface area contributed by atoms with Crippen molar-refractivity contribution in [2.45, 2.75) is 122 Å². The van der Waals surface area contributed by atoms with E-state index in [4.69, 9.17) is 27.9 Å².